The fourth-order valence-corrected chi connectivity index (χ4v) is 4.66. The van der Waals surface area contributed by atoms with E-state index in [1.807, 2.05) is 0 Å². The first-order chi connectivity index (χ1) is 19.5. The molecule has 41 heavy (non-hydrogen) atoms. The Balaban J connectivity index is 1.69. The monoisotopic (exact) mass is 575 g/mol. The van der Waals surface area contributed by atoms with Crippen LogP contribution in [-0.4, -0.2) is 72.2 Å². The van der Waals surface area contributed by atoms with Crippen molar-refractivity contribution in [3.8, 4) is 0 Å². The largest absolute Gasteiger partial charge is 0.478 e. The summed E-state index contributed by atoms with van der Waals surface area (Å²) in [5.74, 6) is -9.69. The molecule has 0 bridgehead atoms. The van der Waals surface area contributed by atoms with Gasteiger partial charge in [0.05, 0.1) is 71.4 Å². The highest BCUT2D eigenvalue weighted by atomic mass is 19.1. The van der Waals surface area contributed by atoms with Gasteiger partial charge in [-0.3, -0.25) is 24.6 Å². The van der Waals surface area contributed by atoms with E-state index in [2.05, 4.69) is 10.1 Å². The molecule has 2 aromatic carbocycles. The minimum atomic E-state index is -2.18. The van der Waals surface area contributed by atoms with Crippen molar-refractivity contribution in [3.05, 3.63) is 97.4 Å². The summed E-state index contributed by atoms with van der Waals surface area (Å²) in [5.41, 5.74) is -4.76. The number of carbonyl (C=O) groups excluding carboxylic acids is 3. The number of imide groups is 1. The van der Waals surface area contributed by atoms with Crippen LogP contribution in [0, 0.1) is 21.7 Å². The fourth-order valence-electron chi connectivity index (χ4n) is 4.66. The Hall–Kier alpha value is -5.05. The predicted octanol–water partition coefficient (Wildman–Crippen LogP) is 2.61. The molecule has 1 unspecified atom stereocenters. The van der Waals surface area contributed by atoms with E-state index in [0.29, 0.717) is 12.1 Å². The van der Waals surface area contributed by atoms with Crippen LogP contribution in [0.2, 0.25) is 0 Å². The van der Waals surface area contributed by atoms with Gasteiger partial charge in [0.2, 0.25) is 5.82 Å². The molecule has 2 N–H and O–H groups in total. The Morgan fingerprint density at radius 1 is 1.07 bits per heavy atom. The van der Waals surface area contributed by atoms with Crippen LogP contribution in [0.4, 0.5) is 18.9 Å². The van der Waals surface area contributed by atoms with E-state index >= 15 is 8.78 Å². The third-order valence-electron chi connectivity index (χ3n) is 6.47. The van der Waals surface area contributed by atoms with Gasteiger partial charge in [0.15, 0.2) is 0 Å². The SMILES string of the molecule is COC(=O)C1=C(CF)NC(COCCN2C(=O)c3ccccc3C2=O)=C(C(=O)O)C1c1c(F)ccc([N+](=O)[O-])c1F. The van der Waals surface area contributed by atoms with E-state index in [9.17, 15) is 38.8 Å². The lowest BCUT2D eigenvalue weighted by Crippen LogP contribution is -2.37. The number of nitrogens with one attached hydrogen (secondary N) is 1. The molecule has 1 atom stereocenters. The van der Waals surface area contributed by atoms with E-state index in [1.165, 1.54) is 12.1 Å². The first-order valence-electron chi connectivity index (χ1n) is 11.8. The fraction of sp³-hybridized carbons (Fsp3) is 0.231. The number of methoxy groups -OCH3 is 1. The molecule has 0 saturated heterocycles. The Bertz CT molecular complexity index is 1520. The number of nitro groups is 1. The van der Waals surface area contributed by atoms with Gasteiger partial charge >= 0.3 is 17.6 Å². The number of dihydropyridines is 1. The Labute approximate surface area is 228 Å². The summed E-state index contributed by atoms with van der Waals surface area (Å²) in [6, 6.07) is 7.15. The van der Waals surface area contributed by atoms with Gasteiger partial charge in [0.25, 0.3) is 11.8 Å². The molecule has 2 aliphatic rings. The number of nitrogens with zero attached hydrogens (tertiary/aromatic N) is 2. The van der Waals surface area contributed by atoms with Crippen LogP contribution in [0.1, 0.15) is 32.2 Å². The summed E-state index contributed by atoms with van der Waals surface area (Å²) in [6.45, 7) is -2.70. The van der Waals surface area contributed by atoms with E-state index in [4.69, 9.17) is 4.74 Å². The van der Waals surface area contributed by atoms with Crippen molar-refractivity contribution >= 4 is 29.4 Å². The van der Waals surface area contributed by atoms with Crippen molar-refractivity contribution < 1.29 is 51.9 Å². The molecule has 0 fully saturated rings. The zero-order valence-corrected chi connectivity index (χ0v) is 21.1. The highest BCUT2D eigenvalue weighted by Gasteiger charge is 2.43. The molecule has 0 radical (unpaired) electrons. The number of aliphatic carboxylic acids is 1. The van der Waals surface area contributed by atoms with Crippen LogP contribution in [0.5, 0.6) is 0 Å². The van der Waals surface area contributed by atoms with Gasteiger partial charge < -0.3 is 19.9 Å². The van der Waals surface area contributed by atoms with Crippen molar-refractivity contribution in [2.45, 2.75) is 5.92 Å². The van der Waals surface area contributed by atoms with Gasteiger partial charge in [0, 0.05) is 11.6 Å². The molecule has 2 aliphatic heterocycles. The molecule has 2 amide bonds. The quantitative estimate of drug-likeness (QED) is 0.141. The number of esters is 1. The highest BCUT2D eigenvalue weighted by molar-refractivity contribution is 6.21. The normalized spacial score (nSPS) is 16.6. The zero-order valence-electron chi connectivity index (χ0n) is 21.1. The number of carbonyl (C=O) groups is 4. The molecule has 0 saturated carbocycles. The van der Waals surface area contributed by atoms with Gasteiger partial charge in [0.1, 0.15) is 12.5 Å². The maximum absolute atomic E-state index is 15.3. The average molecular weight is 575 g/mol. The lowest BCUT2D eigenvalue weighted by molar-refractivity contribution is -0.387. The number of halogens is 3. The summed E-state index contributed by atoms with van der Waals surface area (Å²) in [6.07, 6.45) is 0. The second-order valence-electron chi connectivity index (χ2n) is 8.68. The van der Waals surface area contributed by atoms with Gasteiger partial charge in [-0.2, -0.15) is 4.39 Å². The number of fused-ring (bicyclic) bond motifs is 1. The average Bonchev–Trinajstić information content (AvgIpc) is 3.18. The first kappa shape index (κ1) is 28.9. The number of hydrogen-bond donors (Lipinski definition) is 2. The highest BCUT2D eigenvalue weighted by Crippen LogP contribution is 2.42. The second kappa shape index (κ2) is 11.6. The minimum absolute atomic E-state index is 0.194. The number of benzene rings is 2. The van der Waals surface area contributed by atoms with Crippen molar-refractivity contribution in [1.82, 2.24) is 10.2 Å². The van der Waals surface area contributed by atoms with Gasteiger partial charge in [-0.25, -0.2) is 18.4 Å². The standard InChI is InChI=1S/C26H20F3N3O9/c1-40-26(37)20-15(10-27)30-16(11-41-9-8-31-23(33)12-4-2-3-5-13(12)24(31)34)19(25(35)36)21(20)18-14(28)6-7-17(22(18)29)32(38)39/h2-7,21,30H,8-11H2,1H3,(H,35,36). The zero-order chi connectivity index (χ0) is 30.0. The predicted molar refractivity (Wildman–Crippen MR) is 131 cm³/mol. The lowest BCUT2D eigenvalue weighted by atomic mass is 9.79. The third kappa shape index (κ3) is 5.14. The van der Waals surface area contributed by atoms with Crippen molar-refractivity contribution in [1.29, 1.82) is 0 Å². The van der Waals surface area contributed by atoms with E-state index in [1.54, 1.807) is 12.1 Å². The topological polar surface area (TPSA) is 165 Å². The molecule has 2 aromatic rings. The summed E-state index contributed by atoms with van der Waals surface area (Å²) < 4.78 is 54.5. The molecular weight excluding hydrogens is 555 g/mol. The maximum Gasteiger partial charge on any atom is 0.336 e. The molecule has 0 aromatic heterocycles. The van der Waals surface area contributed by atoms with E-state index in [0.717, 1.165) is 12.0 Å². The van der Waals surface area contributed by atoms with Crippen molar-refractivity contribution in [3.63, 3.8) is 0 Å². The van der Waals surface area contributed by atoms with Crippen molar-refractivity contribution in [2.24, 2.45) is 0 Å². The number of carboxylic acid groups (broad SMARTS) is 1. The number of nitro benzene ring substituents is 1. The number of ether oxygens (including phenoxy) is 2. The van der Waals surface area contributed by atoms with Gasteiger partial charge in [-0.1, -0.05) is 12.1 Å². The van der Waals surface area contributed by atoms with Crippen LogP contribution < -0.4 is 5.32 Å². The maximum atomic E-state index is 15.3. The molecule has 15 heteroatoms. The third-order valence-corrected chi connectivity index (χ3v) is 6.47. The first-order valence-corrected chi connectivity index (χ1v) is 11.8. The summed E-state index contributed by atoms with van der Waals surface area (Å²) in [4.78, 5) is 61.1. The number of carboxylic acids is 1. The molecule has 12 nitrogen and oxygen atoms in total. The minimum Gasteiger partial charge on any atom is -0.478 e. The summed E-state index contributed by atoms with van der Waals surface area (Å²) in [7, 11) is 0.865. The molecular formula is C26H20F3N3O9. The number of allylic oxidation sites excluding steroid dienone is 1. The summed E-state index contributed by atoms with van der Waals surface area (Å²) in [5, 5.41) is 23.7. The number of hydrogen-bond acceptors (Lipinski definition) is 9. The van der Waals surface area contributed by atoms with Crippen LogP contribution in [-0.2, 0) is 19.1 Å². The number of amides is 2. The van der Waals surface area contributed by atoms with Gasteiger partial charge in [-0.05, 0) is 18.2 Å². The summed E-state index contributed by atoms with van der Waals surface area (Å²) >= 11 is 0. The molecule has 0 spiro atoms. The molecule has 0 aliphatic carbocycles. The molecule has 214 valence electrons. The van der Waals surface area contributed by atoms with E-state index < -0.39 is 93.3 Å². The van der Waals surface area contributed by atoms with Crippen molar-refractivity contribution in [2.75, 3.05) is 33.5 Å². The Kier molecular flexibility index (Phi) is 8.18. The smallest absolute Gasteiger partial charge is 0.336 e. The van der Waals surface area contributed by atoms with E-state index in [-0.39, 0.29) is 24.3 Å². The second-order valence-corrected chi connectivity index (χ2v) is 8.68. The van der Waals surface area contributed by atoms with Crippen LogP contribution >= 0.6 is 0 Å². The number of alkyl halides is 1. The van der Waals surface area contributed by atoms with Crippen LogP contribution in [0.25, 0.3) is 0 Å². The Morgan fingerprint density at radius 3 is 2.24 bits per heavy atom. The molecule has 4 rings (SSSR count). The van der Waals surface area contributed by atoms with Crippen LogP contribution in [0.15, 0.2) is 58.9 Å². The number of rotatable bonds is 10. The van der Waals surface area contributed by atoms with Gasteiger partial charge in [-0.15, -0.1) is 0 Å². The lowest BCUT2D eigenvalue weighted by Gasteiger charge is -2.31. The van der Waals surface area contributed by atoms with Crippen LogP contribution in [0.3, 0.4) is 0 Å². The Morgan fingerprint density at radius 2 is 1.71 bits per heavy atom. The molecule has 2 heterocycles.